The van der Waals surface area contributed by atoms with Gasteiger partial charge in [-0.25, -0.2) is 4.39 Å². The average Bonchev–Trinajstić information content (AvgIpc) is 2.68. The number of benzene rings is 1. The third-order valence-corrected chi connectivity index (χ3v) is 3.32. The molecule has 0 spiro atoms. The Morgan fingerprint density at radius 1 is 1.44 bits per heavy atom. The molecule has 0 atom stereocenters. The highest BCUT2D eigenvalue weighted by Crippen LogP contribution is 2.33. The Bertz CT molecular complexity index is 464. The topological polar surface area (TPSA) is 35.2 Å². The lowest BCUT2D eigenvalue weighted by molar-refractivity contribution is 0.306. The lowest BCUT2D eigenvalue weighted by Crippen LogP contribution is -1.99. The number of nitrogens with two attached hydrogens (primary N) is 1. The average molecular weight is 302 g/mol. The van der Waals surface area contributed by atoms with E-state index in [-0.39, 0.29) is 5.82 Å². The molecule has 0 radical (unpaired) electrons. The summed E-state index contributed by atoms with van der Waals surface area (Å²) in [5.74, 6) is 0.0971. The predicted octanol–water partition coefficient (Wildman–Crippen LogP) is 3.81. The van der Waals surface area contributed by atoms with Crippen LogP contribution in [0.4, 0.5) is 10.1 Å². The van der Waals surface area contributed by atoms with Gasteiger partial charge in [-0.15, -0.1) is 0 Å². The maximum Gasteiger partial charge on any atom is 0.157 e. The Kier molecular flexibility index (Phi) is 3.46. The SMILES string of the molecule is Nc1cc(F)cc(Br)c1OCc1ccsc1. The molecule has 1 aromatic carbocycles. The molecule has 2 aromatic rings. The number of hydrogen-bond donors (Lipinski definition) is 1. The van der Waals surface area contributed by atoms with E-state index in [1.54, 1.807) is 11.3 Å². The molecular formula is C11H9BrFNOS. The summed E-state index contributed by atoms with van der Waals surface area (Å²) in [6, 6.07) is 4.55. The van der Waals surface area contributed by atoms with E-state index >= 15 is 0 Å². The summed E-state index contributed by atoms with van der Waals surface area (Å²) in [6.45, 7) is 0.429. The normalized spacial score (nSPS) is 10.4. The molecule has 84 valence electrons. The molecule has 2 nitrogen and oxygen atoms in total. The van der Waals surface area contributed by atoms with E-state index in [1.807, 2.05) is 16.8 Å². The van der Waals surface area contributed by atoms with E-state index in [0.29, 0.717) is 22.5 Å². The number of nitrogen functional groups attached to an aromatic ring is 1. The number of halogens is 2. The lowest BCUT2D eigenvalue weighted by atomic mass is 10.3. The molecule has 0 unspecified atom stereocenters. The van der Waals surface area contributed by atoms with Crippen LogP contribution in [0.5, 0.6) is 5.75 Å². The first kappa shape index (κ1) is 11.4. The second-order valence-electron chi connectivity index (χ2n) is 3.23. The third kappa shape index (κ3) is 2.54. The highest BCUT2D eigenvalue weighted by molar-refractivity contribution is 9.10. The van der Waals surface area contributed by atoms with Crippen molar-refractivity contribution in [2.75, 3.05) is 5.73 Å². The summed E-state index contributed by atoms with van der Waals surface area (Å²) in [4.78, 5) is 0. The van der Waals surface area contributed by atoms with Crippen LogP contribution in [-0.4, -0.2) is 0 Å². The molecule has 0 aliphatic heterocycles. The van der Waals surface area contributed by atoms with Gasteiger partial charge in [0.25, 0.3) is 0 Å². The number of hydrogen-bond acceptors (Lipinski definition) is 3. The van der Waals surface area contributed by atoms with Crippen molar-refractivity contribution in [3.05, 3.63) is 44.8 Å². The van der Waals surface area contributed by atoms with E-state index in [4.69, 9.17) is 10.5 Å². The van der Waals surface area contributed by atoms with Gasteiger partial charge in [-0.2, -0.15) is 11.3 Å². The number of anilines is 1. The van der Waals surface area contributed by atoms with Gasteiger partial charge in [0, 0.05) is 6.07 Å². The van der Waals surface area contributed by atoms with Gasteiger partial charge in [-0.05, 0) is 44.4 Å². The minimum atomic E-state index is -0.382. The fourth-order valence-corrected chi connectivity index (χ4v) is 2.48. The second kappa shape index (κ2) is 4.84. The Morgan fingerprint density at radius 2 is 2.25 bits per heavy atom. The van der Waals surface area contributed by atoms with Gasteiger partial charge >= 0.3 is 0 Å². The predicted molar refractivity (Wildman–Crippen MR) is 67.2 cm³/mol. The van der Waals surface area contributed by atoms with E-state index in [0.717, 1.165) is 5.56 Å². The van der Waals surface area contributed by atoms with E-state index in [9.17, 15) is 4.39 Å². The van der Waals surface area contributed by atoms with Crippen LogP contribution in [0.25, 0.3) is 0 Å². The van der Waals surface area contributed by atoms with Crippen LogP contribution < -0.4 is 10.5 Å². The van der Waals surface area contributed by atoms with Crippen LogP contribution in [0.1, 0.15) is 5.56 Å². The summed E-state index contributed by atoms with van der Waals surface area (Å²) < 4.78 is 19.0. The zero-order valence-corrected chi connectivity index (χ0v) is 10.6. The Labute approximate surface area is 105 Å². The first-order valence-corrected chi connectivity index (χ1v) is 6.29. The first-order chi connectivity index (χ1) is 7.66. The molecule has 0 aliphatic rings. The highest BCUT2D eigenvalue weighted by atomic mass is 79.9. The molecule has 0 saturated carbocycles. The Balaban J connectivity index is 2.15. The summed E-state index contributed by atoms with van der Waals surface area (Å²) in [5, 5.41) is 3.97. The van der Waals surface area contributed by atoms with Gasteiger partial charge in [-0.1, -0.05) is 0 Å². The fraction of sp³-hybridized carbons (Fsp3) is 0.0909. The van der Waals surface area contributed by atoms with Gasteiger partial charge in [0.2, 0.25) is 0 Å². The zero-order chi connectivity index (χ0) is 11.5. The second-order valence-corrected chi connectivity index (χ2v) is 4.86. The molecule has 0 saturated heterocycles. The number of thiophene rings is 1. The molecule has 2 N–H and O–H groups in total. The van der Waals surface area contributed by atoms with Gasteiger partial charge in [0.1, 0.15) is 12.4 Å². The molecule has 0 amide bonds. The van der Waals surface area contributed by atoms with Crippen LogP contribution in [0.3, 0.4) is 0 Å². The lowest BCUT2D eigenvalue weighted by Gasteiger charge is -2.10. The first-order valence-electron chi connectivity index (χ1n) is 4.55. The van der Waals surface area contributed by atoms with Crippen LogP contribution >= 0.6 is 27.3 Å². The van der Waals surface area contributed by atoms with Crippen molar-refractivity contribution in [1.29, 1.82) is 0 Å². The molecule has 0 fully saturated rings. The van der Waals surface area contributed by atoms with Crippen molar-refractivity contribution in [2.45, 2.75) is 6.61 Å². The highest BCUT2D eigenvalue weighted by Gasteiger charge is 2.08. The minimum absolute atomic E-state index is 0.294. The van der Waals surface area contributed by atoms with E-state index in [1.165, 1.54) is 12.1 Å². The van der Waals surface area contributed by atoms with E-state index < -0.39 is 0 Å². The monoisotopic (exact) mass is 301 g/mol. The summed E-state index contributed by atoms with van der Waals surface area (Å²) >= 11 is 4.82. The number of rotatable bonds is 3. The van der Waals surface area contributed by atoms with Gasteiger partial charge in [-0.3, -0.25) is 0 Å². The smallest absolute Gasteiger partial charge is 0.157 e. The molecule has 5 heteroatoms. The van der Waals surface area contributed by atoms with Gasteiger partial charge in [0.15, 0.2) is 5.75 Å². The quantitative estimate of drug-likeness (QED) is 0.875. The van der Waals surface area contributed by atoms with Crippen molar-refractivity contribution in [3.8, 4) is 5.75 Å². The molecule has 1 heterocycles. The fourth-order valence-electron chi connectivity index (χ4n) is 1.26. The van der Waals surface area contributed by atoms with Crippen molar-refractivity contribution >= 4 is 33.0 Å². The molecule has 16 heavy (non-hydrogen) atoms. The number of ether oxygens (including phenoxy) is 1. The van der Waals surface area contributed by atoms with Crippen LogP contribution in [0.15, 0.2) is 33.4 Å². The maximum atomic E-state index is 13.0. The maximum absolute atomic E-state index is 13.0. The van der Waals surface area contributed by atoms with Crippen molar-refractivity contribution < 1.29 is 9.13 Å². The third-order valence-electron chi connectivity index (χ3n) is 2.00. The van der Waals surface area contributed by atoms with Crippen molar-refractivity contribution in [2.24, 2.45) is 0 Å². The molecular weight excluding hydrogens is 293 g/mol. The van der Waals surface area contributed by atoms with Crippen LogP contribution in [-0.2, 0) is 6.61 Å². The summed E-state index contributed by atoms with van der Waals surface area (Å²) in [7, 11) is 0. The molecule has 1 aromatic heterocycles. The van der Waals surface area contributed by atoms with Crippen molar-refractivity contribution in [3.63, 3.8) is 0 Å². The van der Waals surface area contributed by atoms with Crippen molar-refractivity contribution in [1.82, 2.24) is 0 Å². The summed E-state index contributed by atoms with van der Waals surface area (Å²) in [6.07, 6.45) is 0. The minimum Gasteiger partial charge on any atom is -0.486 e. The zero-order valence-electron chi connectivity index (χ0n) is 8.24. The molecule has 0 aliphatic carbocycles. The Morgan fingerprint density at radius 3 is 2.88 bits per heavy atom. The van der Waals surface area contributed by atoms with Crippen LogP contribution in [0.2, 0.25) is 0 Å². The Hall–Kier alpha value is -1.07. The van der Waals surface area contributed by atoms with Gasteiger partial charge in [0.05, 0.1) is 10.2 Å². The van der Waals surface area contributed by atoms with Crippen LogP contribution in [0, 0.1) is 5.82 Å². The molecule has 0 bridgehead atoms. The summed E-state index contributed by atoms with van der Waals surface area (Å²) in [5.41, 5.74) is 7.03. The largest absolute Gasteiger partial charge is 0.486 e. The molecule has 2 rings (SSSR count). The van der Waals surface area contributed by atoms with Gasteiger partial charge < -0.3 is 10.5 Å². The standard InChI is InChI=1S/C11H9BrFNOS/c12-9-3-8(13)4-10(14)11(9)15-5-7-1-2-16-6-7/h1-4,6H,5,14H2. The van der Waals surface area contributed by atoms with E-state index in [2.05, 4.69) is 15.9 Å².